The quantitative estimate of drug-likeness (QED) is 0.828. The van der Waals surface area contributed by atoms with Gasteiger partial charge in [-0.05, 0) is 46.2 Å². The Morgan fingerprint density at radius 2 is 2.00 bits per heavy atom. The molecule has 0 aliphatic heterocycles. The number of hydrogen-bond acceptors (Lipinski definition) is 2. The third-order valence-corrected chi connectivity index (χ3v) is 2.42. The van der Waals surface area contributed by atoms with Crippen LogP contribution < -0.4 is 10.5 Å². The van der Waals surface area contributed by atoms with Gasteiger partial charge < -0.3 is 10.5 Å². The van der Waals surface area contributed by atoms with E-state index in [-0.39, 0.29) is 11.5 Å². The molecule has 0 saturated heterocycles. The summed E-state index contributed by atoms with van der Waals surface area (Å²) in [4.78, 5) is 0. The molecule has 2 N–H and O–H groups in total. The smallest absolute Gasteiger partial charge is 0.149 e. The molecule has 0 fully saturated rings. The van der Waals surface area contributed by atoms with Crippen molar-refractivity contribution in [3.63, 3.8) is 0 Å². The van der Waals surface area contributed by atoms with E-state index >= 15 is 0 Å². The minimum absolute atomic E-state index is 0.0138. The summed E-state index contributed by atoms with van der Waals surface area (Å²) in [6.45, 7) is 10.7. The van der Waals surface area contributed by atoms with E-state index < -0.39 is 0 Å². The molecule has 1 aromatic carbocycles. The maximum atomic E-state index is 5.92. The normalized spacial score (nSPS) is 12.6. The Kier molecular flexibility index (Phi) is 4.81. The van der Waals surface area contributed by atoms with Crippen LogP contribution >= 0.6 is 0 Å². The molecule has 1 aromatic rings. The van der Waals surface area contributed by atoms with Crippen LogP contribution in [-0.4, -0.2) is 6.61 Å². The number of aryl methyl sites for hydroxylation is 1. The molecule has 0 heterocycles. The monoisotopic (exact) mass is 245 g/mol. The molecule has 0 saturated carbocycles. The summed E-state index contributed by atoms with van der Waals surface area (Å²) in [5.74, 6) is 7.04. The summed E-state index contributed by atoms with van der Waals surface area (Å²) in [7, 11) is 0. The van der Waals surface area contributed by atoms with Crippen molar-refractivity contribution in [1.82, 2.24) is 0 Å². The van der Waals surface area contributed by atoms with Gasteiger partial charge in [0.2, 0.25) is 0 Å². The third kappa shape index (κ3) is 4.81. The van der Waals surface area contributed by atoms with E-state index in [2.05, 4.69) is 32.6 Å². The summed E-state index contributed by atoms with van der Waals surface area (Å²) in [5.41, 5.74) is 8.13. The van der Waals surface area contributed by atoms with Gasteiger partial charge in [-0.15, -0.1) is 0 Å². The van der Waals surface area contributed by atoms with Crippen molar-refractivity contribution in [2.75, 3.05) is 6.61 Å². The average Bonchev–Trinajstić information content (AvgIpc) is 2.22. The number of ether oxygens (including phenoxy) is 1. The first-order valence-corrected chi connectivity index (χ1v) is 6.28. The number of benzene rings is 1. The first kappa shape index (κ1) is 14.6. The van der Waals surface area contributed by atoms with Gasteiger partial charge in [-0.3, -0.25) is 0 Å². The topological polar surface area (TPSA) is 35.2 Å². The molecule has 0 bridgehead atoms. The van der Waals surface area contributed by atoms with Gasteiger partial charge in [0, 0.05) is 17.0 Å². The predicted octanol–water partition coefficient (Wildman–Crippen LogP) is 3.44. The Bertz CT molecular complexity index is 458. The Labute approximate surface area is 111 Å². The molecule has 2 nitrogen and oxygen atoms in total. The fourth-order valence-electron chi connectivity index (χ4n) is 1.56. The number of hydrogen-bond donors (Lipinski definition) is 1. The zero-order chi connectivity index (χ0) is 13.8. The molecule has 1 rings (SSSR count). The Balaban J connectivity index is 2.77. The van der Waals surface area contributed by atoms with Crippen molar-refractivity contribution in [2.24, 2.45) is 11.1 Å². The number of nitrogens with two attached hydrogens (primary N) is 1. The number of rotatable bonds is 3. The maximum Gasteiger partial charge on any atom is 0.149 e. The van der Waals surface area contributed by atoms with Crippen molar-refractivity contribution in [1.29, 1.82) is 0 Å². The molecule has 0 radical (unpaired) electrons. The summed E-state index contributed by atoms with van der Waals surface area (Å²) in [6.07, 6.45) is 0. The minimum Gasteiger partial charge on any atom is -0.481 e. The molecule has 0 aromatic heterocycles. The van der Waals surface area contributed by atoms with Crippen molar-refractivity contribution in [2.45, 2.75) is 40.7 Å². The lowest BCUT2D eigenvalue weighted by Crippen LogP contribution is -2.08. The maximum absolute atomic E-state index is 5.92. The van der Waals surface area contributed by atoms with Crippen molar-refractivity contribution in [3.8, 4) is 17.6 Å². The van der Waals surface area contributed by atoms with Crippen LogP contribution in [0.15, 0.2) is 18.2 Å². The third-order valence-electron chi connectivity index (χ3n) is 2.42. The zero-order valence-corrected chi connectivity index (χ0v) is 12.0. The molecule has 0 unspecified atom stereocenters. The Morgan fingerprint density at radius 3 is 2.56 bits per heavy atom. The van der Waals surface area contributed by atoms with Crippen molar-refractivity contribution < 1.29 is 4.74 Å². The highest BCUT2D eigenvalue weighted by Gasteiger charge is 2.08. The van der Waals surface area contributed by atoms with Gasteiger partial charge in [0.05, 0.1) is 0 Å². The fourth-order valence-corrected chi connectivity index (χ4v) is 1.56. The lowest BCUT2D eigenvalue weighted by Gasteiger charge is -2.13. The zero-order valence-electron chi connectivity index (χ0n) is 12.0. The second kappa shape index (κ2) is 5.93. The lowest BCUT2D eigenvalue weighted by molar-refractivity contribution is 0.363. The molecule has 18 heavy (non-hydrogen) atoms. The van der Waals surface area contributed by atoms with E-state index in [1.165, 1.54) is 0 Å². The van der Waals surface area contributed by atoms with E-state index in [1.54, 1.807) is 0 Å². The highest BCUT2D eigenvalue weighted by atomic mass is 16.5. The second-order valence-electron chi connectivity index (χ2n) is 5.67. The molecule has 0 amide bonds. The van der Waals surface area contributed by atoms with E-state index in [9.17, 15) is 0 Å². The molecule has 0 spiro atoms. The molecule has 0 aliphatic rings. The van der Waals surface area contributed by atoms with Gasteiger partial charge in [-0.1, -0.05) is 24.0 Å². The van der Waals surface area contributed by atoms with Crippen LogP contribution in [0.1, 0.15) is 44.9 Å². The van der Waals surface area contributed by atoms with Gasteiger partial charge >= 0.3 is 0 Å². The van der Waals surface area contributed by atoms with Crippen LogP contribution in [0.2, 0.25) is 0 Å². The van der Waals surface area contributed by atoms with E-state index in [4.69, 9.17) is 10.5 Å². The molecule has 0 aliphatic carbocycles. The summed E-state index contributed by atoms with van der Waals surface area (Å²) >= 11 is 0. The molecule has 2 heteroatoms. The van der Waals surface area contributed by atoms with Crippen LogP contribution in [0.4, 0.5) is 0 Å². The van der Waals surface area contributed by atoms with Gasteiger partial charge in [0.15, 0.2) is 0 Å². The second-order valence-corrected chi connectivity index (χ2v) is 5.67. The highest BCUT2D eigenvalue weighted by Crippen LogP contribution is 2.24. The minimum atomic E-state index is -0.0313. The first-order chi connectivity index (χ1) is 8.29. The van der Waals surface area contributed by atoms with Gasteiger partial charge in [0.25, 0.3) is 0 Å². The Hall–Kier alpha value is -1.46. The van der Waals surface area contributed by atoms with Gasteiger partial charge in [0.1, 0.15) is 12.4 Å². The summed E-state index contributed by atoms with van der Waals surface area (Å²) in [5, 5.41) is 0. The van der Waals surface area contributed by atoms with Gasteiger partial charge in [-0.2, -0.15) is 0 Å². The van der Waals surface area contributed by atoms with Crippen molar-refractivity contribution in [3.05, 3.63) is 29.3 Å². The molecular formula is C16H23NO. The highest BCUT2D eigenvalue weighted by molar-refractivity contribution is 5.39. The standard InChI is InChI=1S/C16H23NO/c1-12-7-8-14(13(2)17)15(11-12)18-10-6-9-16(3,4)5/h7-8,11,13H,10,17H2,1-5H3/t13-/m1/s1. The van der Waals surface area contributed by atoms with Gasteiger partial charge in [-0.25, -0.2) is 0 Å². The largest absolute Gasteiger partial charge is 0.481 e. The van der Waals surface area contributed by atoms with E-state index in [1.807, 2.05) is 32.0 Å². The fraction of sp³-hybridized carbons (Fsp3) is 0.500. The van der Waals surface area contributed by atoms with Crippen LogP contribution in [0.25, 0.3) is 0 Å². The predicted molar refractivity (Wildman–Crippen MR) is 76.5 cm³/mol. The van der Waals surface area contributed by atoms with Crippen LogP contribution in [0, 0.1) is 24.2 Å². The van der Waals surface area contributed by atoms with Crippen molar-refractivity contribution >= 4 is 0 Å². The summed E-state index contributed by atoms with van der Waals surface area (Å²) < 4.78 is 5.72. The SMILES string of the molecule is Cc1ccc([C@@H](C)N)c(OCC#CC(C)(C)C)c1. The van der Waals surface area contributed by atoms with Crippen LogP contribution in [0.5, 0.6) is 5.75 Å². The molecule has 1 atom stereocenters. The van der Waals surface area contributed by atoms with E-state index in [0.29, 0.717) is 6.61 Å². The van der Waals surface area contributed by atoms with Crippen LogP contribution in [0.3, 0.4) is 0 Å². The average molecular weight is 245 g/mol. The molecular weight excluding hydrogens is 222 g/mol. The molecule has 98 valence electrons. The van der Waals surface area contributed by atoms with Crippen LogP contribution in [-0.2, 0) is 0 Å². The lowest BCUT2D eigenvalue weighted by atomic mass is 9.98. The Morgan fingerprint density at radius 1 is 1.33 bits per heavy atom. The first-order valence-electron chi connectivity index (χ1n) is 6.28. The van der Waals surface area contributed by atoms with E-state index in [0.717, 1.165) is 16.9 Å². The summed E-state index contributed by atoms with van der Waals surface area (Å²) in [6, 6.07) is 6.05.